The van der Waals surface area contributed by atoms with E-state index in [1.807, 2.05) is 37.3 Å². The highest BCUT2D eigenvalue weighted by atomic mass is 35.5. The van der Waals surface area contributed by atoms with E-state index in [1.165, 1.54) is 12.8 Å². The normalized spacial score (nSPS) is 24.9. The molecule has 3 rings (SSSR count). The molecule has 0 spiro atoms. The van der Waals surface area contributed by atoms with Crippen molar-refractivity contribution >= 4 is 17.5 Å². The molecule has 1 saturated carbocycles. The van der Waals surface area contributed by atoms with Crippen LogP contribution in [0.25, 0.3) is 0 Å². The molecule has 1 amide bonds. The molecule has 0 bridgehead atoms. The second-order valence-electron chi connectivity index (χ2n) is 7.23. The second kappa shape index (κ2) is 9.58. The van der Waals surface area contributed by atoms with Crippen molar-refractivity contribution in [3.05, 3.63) is 46.7 Å². The zero-order valence-corrected chi connectivity index (χ0v) is 16.5. The summed E-state index contributed by atoms with van der Waals surface area (Å²) in [5, 5.41) is 12.9. The highest BCUT2D eigenvalue weighted by Crippen LogP contribution is 2.39. The summed E-state index contributed by atoms with van der Waals surface area (Å²) in [5.41, 5.74) is 1.06. The van der Waals surface area contributed by atoms with Gasteiger partial charge in [-0.15, -0.1) is 0 Å². The Balaban J connectivity index is 1.86. The Hall–Kier alpha value is -1.56. The molecule has 2 N–H and O–H groups in total. The second-order valence-corrected chi connectivity index (χ2v) is 7.67. The Kier molecular flexibility index (Phi) is 7.16. The maximum absolute atomic E-state index is 12.6. The molecule has 0 radical (unpaired) electrons. The van der Waals surface area contributed by atoms with Crippen molar-refractivity contribution < 1.29 is 19.4 Å². The van der Waals surface area contributed by atoms with Crippen LogP contribution in [0, 0.1) is 11.8 Å². The van der Waals surface area contributed by atoms with Gasteiger partial charge in [-0.3, -0.25) is 4.79 Å². The third-order valence-electron chi connectivity index (χ3n) is 5.14. The number of hydrogen-bond donors (Lipinski definition) is 2. The molecule has 148 valence electrons. The van der Waals surface area contributed by atoms with Crippen LogP contribution >= 0.6 is 11.6 Å². The van der Waals surface area contributed by atoms with Crippen LogP contribution in [0.3, 0.4) is 0 Å². The molecule has 27 heavy (non-hydrogen) atoms. The molecule has 3 atom stereocenters. The predicted octanol–water partition coefficient (Wildman–Crippen LogP) is 3.62. The lowest BCUT2D eigenvalue weighted by molar-refractivity contribution is -0.166. The molecule has 1 aromatic rings. The van der Waals surface area contributed by atoms with Gasteiger partial charge in [-0.25, -0.2) is 0 Å². The zero-order chi connectivity index (χ0) is 19.2. The Labute approximate surface area is 165 Å². The van der Waals surface area contributed by atoms with Gasteiger partial charge in [0.05, 0.1) is 0 Å². The average molecular weight is 394 g/mol. The minimum atomic E-state index is -0.520. The first kappa shape index (κ1) is 20.2. The molecule has 1 aromatic carbocycles. The van der Waals surface area contributed by atoms with Gasteiger partial charge >= 0.3 is 0 Å². The molecule has 6 heteroatoms. The SMILES string of the molecule is CCO[C@H]1OC(C(=O)NCC2CC2)=C[C@@H](c2ccc(Cl)cc2)[C@H]1CCCO. The molecule has 2 aliphatic rings. The van der Waals surface area contributed by atoms with Crippen LogP contribution < -0.4 is 5.32 Å². The number of amides is 1. The highest BCUT2D eigenvalue weighted by Gasteiger charge is 2.38. The first-order valence-corrected chi connectivity index (χ1v) is 10.1. The number of hydrogen-bond acceptors (Lipinski definition) is 4. The maximum Gasteiger partial charge on any atom is 0.286 e. The summed E-state index contributed by atoms with van der Waals surface area (Å²) in [5.74, 6) is 0.699. The Bertz CT molecular complexity index is 657. The van der Waals surface area contributed by atoms with E-state index in [0.717, 1.165) is 12.0 Å². The first-order chi connectivity index (χ1) is 13.1. The van der Waals surface area contributed by atoms with Gasteiger partial charge in [-0.2, -0.15) is 0 Å². The summed E-state index contributed by atoms with van der Waals surface area (Å²) in [4.78, 5) is 12.6. The molecule has 5 nitrogen and oxygen atoms in total. The highest BCUT2D eigenvalue weighted by molar-refractivity contribution is 6.30. The Morgan fingerprint density at radius 2 is 2.07 bits per heavy atom. The summed E-state index contributed by atoms with van der Waals surface area (Å²) >= 11 is 6.04. The monoisotopic (exact) mass is 393 g/mol. The van der Waals surface area contributed by atoms with Crippen molar-refractivity contribution in [2.75, 3.05) is 19.8 Å². The van der Waals surface area contributed by atoms with Crippen LogP contribution in [0.2, 0.25) is 5.02 Å². The third-order valence-corrected chi connectivity index (χ3v) is 5.39. The maximum atomic E-state index is 12.6. The predicted molar refractivity (Wildman–Crippen MR) is 104 cm³/mol. The summed E-state index contributed by atoms with van der Waals surface area (Å²) < 4.78 is 11.8. The topological polar surface area (TPSA) is 67.8 Å². The number of halogens is 1. The number of allylic oxidation sites excluding steroid dienone is 1. The van der Waals surface area contributed by atoms with Gasteiger partial charge in [-0.05, 0) is 62.3 Å². The van der Waals surface area contributed by atoms with E-state index in [1.54, 1.807) is 0 Å². The van der Waals surface area contributed by atoms with Crippen molar-refractivity contribution in [2.45, 2.75) is 44.8 Å². The van der Waals surface area contributed by atoms with Crippen molar-refractivity contribution in [2.24, 2.45) is 11.8 Å². The molecule has 1 aliphatic carbocycles. The molecule has 0 saturated heterocycles. The van der Waals surface area contributed by atoms with Crippen molar-refractivity contribution in [1.29, 1.82) is 0 Å². The number of carbonyl (C=O) groups is 1. The van der Waals surface area contributed by atoms with Crippen molar-refractivity contribution in [3.8, 4) is 0 Å². The van der Waals surface area contributed by atoms with E-state index in [4.69, 9.17) is 21.1 Å². The zero-order valence-electron chi connectivity index (χ0n) is 15.7. The molecule has 0 unspecified atom stereocenters. The fraction of sp³-hybridized carbons (Fsp3) is 0.571. The van der Waals surface area contributed by atoms with Crippen LogP contribution in [0.15, 0.2) is 36.1 Å². The van der Waals surface area contributed by atoms with Crippen LogP contribution in [-0.2, 0) is 14.3 Å². The van der Waals surface area contributed by atoms with Gasteiger partial charge in [-0.1, -0.05) is 23.7 Å². The lowest BCUT2D eigenvalue weighted by atomic mass is 9.80. The van der Waals surface area contributed by atoms with Crippen molar-refractivity contribution in [3.63, 3.8) is 0 Å². The molecule has 1 fully saturated rings. The van der Waals surface area contributed by atoms with E-state index in [0.29, 0.717) is 36.3 Å². The fourth-order valence-corrected chi connectivity index (χ4v) is 3.60. The minimum Gasteiger partial charge on any atom is -0.459 e. The Morgan fingerprint density at radius 3 is 2.70 bits per heavy atom. The smallest absolute Gasteiger partial charge is 0.286 e. The van der Waals surface area contributed by atoms with Crippen LogP contribution in [0.4, 0.5) is 0 Å². The standard InChI is InChI=1S/C21H28ClNO4/c1-2-26-21-17(4-3-11-24)18(15-7-9-16(22)10-8-15)12-19(27-21)20(25)23-13-14-5-6-14/h7-10,12,14,17-18,21,24H,2-6,11,13H2,1H3,(H,23,25)/t17-,18+,21+/m1/s1. The third kappa shape index (κ3) is 5.47. The van der Waals surface area contributed by atoms with E-state index < -0.39 is 6.29 Å². The quantitative estimate of drug-likeness (QED) is 0.672. The number of aliphatic hydroxyl groups is 1. The van der Waals surface area contributed by atoms with Gasteiger partial charge in [0.25, 0.3) is 5.91 Å². The van der Waals surface area contributed by atoms with Gasteiger partial charge in [0.1, 0.15) is 0 Å². The lowest BCUT2D eigenvalue weighted by Crippen LogP contribution is -2.39. The number of ether oxygens (including phenoxy) is 2. The Morgan fingerprint density at radius 1 is 1.33 bits per heavy atom. The lowest BCUT2D eigenvalue weighted by Gasteiger charge is -2.37. The number of rotatable bonds is 9. The summed E-state index contributed by atoms with van der Waals surface area (Å²) in [6.07, 6.45) is 5.12. The van der Waals surface area contributed by atoms with Crippen molar-refractivity contribution in [1.82, 2.24) is 5.32 Å². The average Bonchev–Trinajstić information content (AvgIpc) is 3.50. The van der Waals surface area contributed by atoms with Gasteiger partial charge in [0, 0.05) is 36.6 Å². The van der Waals surface area contributed by atoms with Gasteiger partial charge in [0.2, 0.25) is 6.29 Å². The van der Waals surface area contributed by atoms with E-state index in [9.17, 15) is 9.90 Å². The molecule has 1 aliphatic heterocycles. The molecular formula is C21H28ClNO4. The van der Waals surface area contributed by atoms with Crippen LogP contribution in [0.1, 0.15) is 44.1 Å². The van der Waals surface area contributed by atoms with E-state index >= 15 is 0 Å². The summed E-state index contributed by atoms with van der Waals surface area (Å²) in [6, 6.07) is 7.66. The van der Waals surface area contributed by atoms with E-state index in [-0.39, 0.29) is 24.3 Å². The number of carbonyl (C=O) groups excluding carboxylic acids is 1. The molecular weight excluding hydrogens is 366 g/mol. The molecule has 0 aromatic heterocycles. The first-order valence-electron chi connectivity index (χ1n) is 9.77. The number of aliphatic hydroxyl groups excluding tert-OH is 1. The summed E-state index contributed by atoms with van der Waals surface area (Å²) in [6.45, 7) is 3.21. The molecule has 1 heterocycles. The van der Waals surface area contributed by atoms with Crippen LogP contribution in [-0.4, -0.2) is 37.1 Å². The van der Waals surface area contributed by atoms with Gasteiger partial charge < -0.3 is 19.9 Å². The van der Waals surface area contributed by atoms with E-state index in [2.05, 4.69) is 5.32 Å². The fourth-order valence-electron chi connectivity index (χ4n) is 3.48. The minimum absolute atomic E-state index is 0.0123. The van der Waals surface area contributed by atoms with Crippen LogP contribution in [0.5, 0.6) is 0 Å². The number of benzene rings is 1. The number of nitrogens with one attached hydrogen (secondary N) is 1. The summed E-state index contributed by atoms with van der Waals surface area (Å²) in [7, 11) is 0. The largest absolute Gasteiger partial charge is 0.459 e. The van der Waals surface area contributed by atoms with Gasteiger partial charge in [0.15, 0.2) is 5.76 Å².